The molecule has 0 aliphatic rings. The van der Waals surface area contributed by atoms with Gasteiger partial charge in [-0.2, -0.15) is 0 Å². The molecule has 0 N–H and O–H groups in total. The molecule has 4 heteroatoms. The summed E-state index contributed by atoms with van der Waals surface area (Å²) in [5.74, 6) is 0. The molecule has 2 heterocycles. The van der Waals surface area contributed by atoms with Gasteiger partial charge in [0.25, 0.3) is 0 Å². The zero-order chi connectivity index (χ0) is 50.6. The molecule has 0 unspecified atom stereocenters. The van der Waals surface area contributed by atoms with Crippen LogP contribution in [0.5, 0.6) is 0 Å². The van der Waals surface area contributed by atoms with Crippen molar-refractivity contribution in [3.05, 3.63) is 254 Å². The molecule has 0 fully saturated rings. The van der Waals surface area contributed by atoms with Gasteiger partial charge in [-0.15, -0.1) is 22.7 Å². The Bertz CT molecular complexity index is 3630. The molecule has 0 spiro atoms. The maximum atomic E-state index is 2.41. The molecule has 0 atom stereocenters. The second-order valence-corrected chi connectivity index (χ2v) is 23.6. The van der Waals surface area contributed by atoms with Crippen LogP contribution in [0.3, 0.4) is 0 Å². The Morgan fingerprint density at radius 3 is 0.784 bits per heavy atom. The molecule has 74 heavy (non-hydrogen) atoms. The van der Waals surface area contributed by atoms with Crippen LogP contribution in [0.25, 0.3) is 74.1 Å². The Hall–Kier alpha value is -8.02. The highest BCUT2D eigenvalue weighted by Gasteiger charge is 2.22. The Morgan fingerprint density at radius 1 is 0.257 bits per heavy atom. The number of fused-ring (bicyclic) bond motifs is 5. The van der Waals surface area contributed by atoms with E-state index in [2.05, 4.69) is 294 Å². The van der Waals surface area contributed by atoms with Crippen LogP contribution >= 0.6 is 22.7 Å². The van der Waals surface area contributed by atoms with E-state index in [9.17, 15) is 0 Å². The van der Waals surface area contributed by atoms with Crippen LogP contribution in [0.1, 0.15) is 52.7 Å². The summed E-state index contributed by atoms with van der Waals surface area (Å²) in [5, 5.41) is 2.60. The van der Waals surface area contributed by atoms with Crippen LogP contribution in [0.2, 0.25) is 0 Å². The fourth-order valence-corrected chi connectivity index (χ4v) is 12.9. The maximum Gasteiger partial charge on any atom is 0.0542 e. The van der Waals surface area contributed by atoms with Crippen molar-refractivity contribution < 1.29 is 0 Å². The van der Waals surface area contributed by atoms with Gasteiger partial charge < -0.3 is 9.80 Å². The van der Waals surface area contributed by atoms with Crippen LogP contribution in [-0.2, 0) is 10.8 Å². The third kappa shape index (κ3) is 9.21. The third-order valence-corrected chi connectivity index (χ3v) is 17.0. The monoisotopic (exact) mass is 990 g/mol. The van der Waals surface area contributed by atoms with Crippen LogP contribution < -0.4 is 9.80 Å². The highest BCUT2D eigenvalue weighted by molar-refractivity contribution is 7.36. The first-order valence-corrected chi connectivity index (χ1v) is 27.3. The first-order chi connectivity index (χ1) is 35.9. The lowest BCUT2D eigenvalue weighted by atomic mass is 9.87. The van der Waals surface area contributed by atoms with Crippen molar-refractivity contribution in [1.82, 2.24) is 0 Å². The van der Waals surface area contributed by atoms with Crippen molar-refractivity contribution in [2.75, 3.05) is 9.80 Å². The number of anilines is 6. The van der Waals surface area contributed by atoms with E-state index in [4.69, 9.17) is 0 Å². The largest absolute Gasteiger partial charge is 0.310 e. The average Bonchev–Trinajstić information content (AvgIpc) is 3.98. The van der Waals surface area contributed by atoms with Crippen LogP contribution in [0, 0.1) is 0 Å². The SMILES string of the molecule is CC(C)(C)c1ccc(N(c2ccc(-c3ccc(-c4ccccc4)cc3)cc2)c2ccc3c(c2)sc2c4ccc(N(c5ccc(-c6ccc(-c7ccccc7)cc6)cc5)c5ccc(C(C)(C)C)cc5)cc4sc32)cc1. The van der Waals surface area contributed by atoms with Crippen LogP contribution in [0.4, 0.5) is 34.1 Å². The van der Waals surface area contributed by atoms with Crippen molar-refractivity contribution in [1.29, 1.82) is 0 Å². The minimum atomic E-state index is 0.0605. The normalized spacial score (nSPS) is 11.9. The van der Waals surface area contributed by atoms with E-state index in [1.54, 1.807) is 0 Å². The van der Waals surface area contributed by atoms with Crippen molar-refractivity contribution >= 4 is 86.4 Å². The predicted molar refractivity (Wildman–Crippen MR) is 323 cm³/mol. The van der Waals surface area contributed by atoms with E-state index < -0.39 is 0 Å². The lowest BCUT2D eigenvalue weighted by molar-refractivity contribution is 0.590. The number of hydrogen-bond donors (Lipinski definition) is 0. The first-order valence-electron chi connectivity index (χ1n) is 25.6. The number of hydrogen-bond acceptors (Lipinski definition) is 4. The Balaban J connectivity index is 0.881. The lowest BCUT2D eigenvalue weighted by Crippen LogP contribution is -2.13. The molecule has 2 aromatic heterocycles. The molecule has 0 radical (unpaired) electrons. The Morgan fingerprint density at radius 2 is 0.500 bits per heavy atom. The highest BCUT2D eigenvalue weighted by Crippen LogP contribution is 2.49. The van der Waals surface area contributed by atoms with Gasteiger partial charge in [0.1, 0.15) is 0 Å². The van der Waals surface area contributed by atoms with Gasteiger partial charge in [-0.05, 0) is 139 Å². The molecule has 0 aliphatic heterocycles. The summed E-state index contributed by atoms with van der Waals surface area (Å²) in [6.45, 7) is 13.7. The zero-order valence-corrected chi connectivity index (χ0v) is 44.4. The van der Waals surface area contributed by atoms with E-state index in [-0.39, 0.29) is 10.8 Å². The van der Waals surface area contributed by atoms with Crippen molar-refractivity contribution in [2.24, 2.45) is 0 Å². The summed E-state index contributed by atoms with van der Waals surface area (Å²) in [6, 6.07) is 89.4. The van der Waals surface area contributed by atoms with Gasteiger partial charge in [0.05, 0.1) is 9.40 Å². The van der Waals surface area contributed by atoms with Crippen molar-refractivity contribution in [3.63, 3.8) is 0 Å². The van der Waals surface area contributed by atoms with E-state index in [1.807, 2.05) is 22.7 Å². The number of thiophene rings is 2. The van der Waals surface area contributed by atoms with Gasteiger partial charge in [-0.3, -0.25) is 0 Å². The molecule has 360 valence electrons. The second-order valence-electron chi connectivity index (χ2n) is 21.5. The van der Waals surface area contributed by atoms with Gasteiger partial charge in [0, 0.05) is 54.3 Å². The Labute approximate surface area is 444 Å². The molecule has 12 rings (SSSR count). The fraction of sp³-hybridized carbons (Fsp3) is 0.114. The quantitative estimate of drug-likeness (QED) is 0.135. The van der Waals surface area contributed by atoms with E-state index in [0.717, 1.165) is 34.1 Å². The van der Waals surface area contributed by atoms with Gasteiger partial charge in [0.15, 0.2) is 0 Å². The summed E-state index contributed by atoms with van der Waals surface area (Å²) in [6.07, 6.45) is 0. The number of nitrogens with zero attached hydrogens (tertiary/aromatic N) is 2. The second kappa shape index (κ2) is 19.1. The summed E-state index contributed by atoms with van der Waals surface area (Å²) in [5.41, 5.74) is 19.3. The number of benzene rings is 10. The highest BCUT2D eigenvalue weighted by atomic mass is 32.1. The maximum absolute atomic E-state index is 2.41. The smallest absolute Gasteiger partial charge is 0.0542 e. The van der Waals surface area contributed by atoms with Gasteiger partial charge in [-0.1, -0.05) is 211 Å². The molecule has 0 saturated heterocycles. The molecular weight excluding hydrogens is 933 g/mol. The molecule has 0 aliphatic carbocycles. The summed E-state index contributed by atoms with van der Waals surface area (Å²) in [7, 11) is 0. The summed E-state index contributed by atoms with van der Waals surface area (Å²) in [4.78, 5) is 4.81. The Kier molecular flexibility index (Phi) is 12.1. The lowest BCUT2D eigenvalue weighted by Gasteiger charge is -2.27. The van der Waals surface area contributed by atoms with E-state index in [0.29, 0.717) is 0 Å². The molecule has 0 saturated carbocycles. The standard InChI is InChI=1S/C70H58N2S2/c1-69(2,3)55-29-37-59(38-30-55)71(57-33-25-53(26-34-57)51-21-17-49(18-22-51)47-13-9-7-10-14-47)61-41-43-63-65(45-61)73-68-64-44-42-62(46-66(64)74-67(63)68)72(60-39-31-56(32-40-60)70(4,5)6)58-35-27-54(28-36-58)52-23-19-50(20-24-52)48-15-11-8-12-16-48/h7-46H,1-6H3. The van der Waals surface area contributed by atoms with Gasteiger partial charge >= 0.3 is 0 Å². The summed E-state index contributed by atoms with van der Waals surface area (Å²) < 4.78 is 5.26. The molecule has 10 aromatic carbocycles. The average molecular weight is 991 g/mol. The molecule has 0 bridgehead atoms. The van der Waals surface area contributed by atoms with Crippen LogP contribution in [-0.4, -0.2) is 0 Å². The van der Waals surface area contributed by atoms with E-state index >= 15 is 0 Å². The van der Waals surface area contributed by atoms with Crippen LogP contribution in [0.15, 0.2) is 243 Å². The fourth-order valence-electron chi connectivity index (χ4n) is 10.2. The predicted octanol–water partition coefficient (Wildman–Crippen LogP) is 21.5. The van der Waals surface area contributed by atoms with Gasteiger partial charge in [0.2, 0.25) is 0 Å². The molecule has 12 aromatic rings. The molecular formula is C70H58N2S2. The van der Waals surface area contributed by atoms with Gasteiger partial charge in [-0.25, -0.2) is 0 Å². The number of rotatable bonds is 10. The minimum Gasteiger partial charge on any atom is -0.310 e. The molecule has 0 amide bonds. The topological polar surface area (TPSA) is 6.48 Å². The summed E-state index contributed by atoms with van der Waals surface area (Å²) >= 11 is 3.81. The minimum absolute atomic E-state index is 0.0605. The zero-order valence-electron chi connectivity index (χ0n) is 42.8. The molecule has 2 nitrogen and oxygen atoms in total. The van der Waals surface area contributed by atoms with Crippen molar-refractivity contribution in [2.45, 2.75) is 52.4 Å². The van der Waals surface area contributed by atoms with E-state index in [1.165, 1.54) is 85.2 Å². The van der Waals surface area contributed by atoms with Crippen molar-refractivity contribution in [3.8, 4) is 44.5 Å². The first kappa shape index (κ1) is 47.0. The third-order valence-electron chi connectivity index (χ3n) is 14.5.